The molecule has 0 saturated heterocycles. The summed E-state index contributed by atoms with van der Waals surface area (Å²) in [6.07, 6.45) is 0. The molecule has 0 aliphatic rings. The van der Waals surface area contributed by atoms with Crippen LogP contribution in [0, 0.1) is 0 Å². The molecule has 0 atom stereocenters. The highest BCUT2D eigenvalue weighted by molar-refractivity contribution is 6.28. The van der Waals surface area contributed by atoms with Gasteiger partial charge in [-0.2, -0.15) is 0 Å². The molecule has 0 amide bonds. The molecule has 1 nitrogen and oxygen atoms in total. The van der Waals surface area contributed by atoms with Crippen LogP contribution in [0.15, 0.2) is 176 Å². The van der Waals surface area contributed by atoms with Crippen LogP contribution in [0.3, 0.4) is 0 Å². The van der Waals surface area contributed by atoms with E-state index in [9.17, 15) is 0 Å². The number of hydrogen-bond acceptors (Lipinski definition) is 1. The second kappa shape index (κ2) is 10.6. The van der Waals surface area contributed by atoms with E-state index in [0.29, 0.717) is 0 Å². The summed E-state index contributed by atoms with van der Waals surface area (Å²) in [6, 6.07) is 63.3. The molecule has 0 aromatic heterocycles. The van der Waals surface area contributed by atoms with Gasteiger partial charge in [-0.15, -0.1) is 0 Å². The molecular weight excluding hydrogens is 518 g/mol. The molecule has 8 aromatic carbocycles. The van der Waals surface area contributed by atoms with Gasteiger partial charge in [0.2, 0.25) is 0 Å². The lowest BCUT2D eigenvalue weighted by Crippen LogP contribution is -2.09. The van der Waals surface area contributed by atoms with Crippen LogP contribution in [-0.4, -0.2) is 0 Å². The van der Waals surface area contributed by atoms with E-state index in [0.717, 1.165) is 17.1 Å². The second-order valence-electron chi connectivity index (χ2n) is 11.0. The van der Waals surface area contributed by atoms with Crippen molar-refractivity contribution in [1.29, 1.82) is 0 Å². The predicted molar refractivity (Wildman–Crippen MR) is 185 cm³/mol. The van der Waals surface area contributed by atoms with Crippen LogP contribution in [0.5, 0.6) is 0 Å². The Balaban J connectivity index is 1.29. The molecule has 0 unspecified atom stereocenters. The summed E-state index contributed by atoms with van der Waals surface area (Å²) in [7, 11) is 0. The first-order valence-electron chi connectivity index (χ1n) is 14.8. The zero-order valence-electron chi connectivity index (χ0n) is 23.7. The molecule has 0 heterocycles. The van der Waals surface area contributed by atoms with Gasteiger partial charge in [-0.05, 0) is 97.0 Å². The van der Waals surface area contributed by atoms with Gasteiger partial charge in [0.15, 0.2) is 0 Å². The van der Waals surface area contributed by atoms with Gasteiger partial charge in [0.25, 0.3) is 0 Å². The van der Waals surface area contributed by atoms with E-state index >= 15 is 0 Å². The molecule has 1 heteroatoms. The molecule has 0 aliphatic heterocycles. The lowest BCUT2D eigenvalue weighted by molar-refractivity contribution is 1.28. The molecule has 0 spiro atoms. The minimum atomic E-state index is 1.13. The van der Waals surface area contributed by atoms with E-state index in [1.165, 1.54) is 54.6 Å². The molecule has 8 rings (SSSR count). The van der Waals surface area contributed by atoms with Crippen molar-refractivity contribution in [2.45, 2.75) is 0 Å². The Morgan fingerprint density at radius 2 is 0.698 bits per heavy atom. The Hall–Kier alpha value is -5.66. The topological polar surface area (TPSA) is 3.24 Å². The van der Waals surface area contributed by atoms with E-state index in [2.05, 4.69) is 181 Å². The van der Waals surface area contributed by atoms with E-state index in [1.807, 2.05) is 0 Å². The van der Waals surface area contributed by atoms with E-state index in [1.54, 1.807) is 0 Å². The first-order chi connectivity index (χ1) is 21.3. The number of para-hydroxylation sites is 2. The summed E-state index contributed by atoms with van der Waals surface area (Å²) in [5.74, 6) is 0. The Labute approximate surface area is 251 Å². The van der Waals surface area contributed by atoms with Crippen molar-refractivity contribution in [3.63, 3.8) is 0 Å². The number of anilines is 3. The summed E-state index contributed by atoms with van der Waals surface area (Å²) < 4.78 is 0. The molecule has 43 heavy (non-hydrogen) atoms. The van der Waals surface area contributed by atoms with E-state index in [-0.39, 0.29) is 0 Å². The highest BCUT2D eigenvalue weighted by Gasteiger charge is 2.15. The number of hydrogen-bond donors (Lipinski definition) is 0. The van der Waals surface area contributed by atoms with Crippen LogP contribution in [0.1, 0.15) is 0 Å². The van der Waals surface area contributed by atoms with Crippen molar-refractivity contribution >= 4 is 49.4 Å². The molecule has 8 aromatic rings. The standard InChI is InChI=1S/C42H29N/c1-3-17-33(18-4-1)43(34-19-5-2-6-20-34)35-21-12-15-31(29-35)30-14-11-16-32(28-30)36-26-13-27-41-39-23-8-7-22-37(39)38-24-9-10-25-40(38)42(36)41/h1-29H. The van der Waals surface area contributed by atoms with Gasteiger partial charge in [-0.3, -0.25) is 0 Å². The highest BCUT2D eigenvalue weighted by atomic mass is 15.1. The minimum Gasteiger partial charge on any atom is -0.310 e. The number of rotatable bonds is 5. The van der Waals surface area contributed by atoms with Crippen LogP contribution in [0.4, 0.5) is 17.1 Å². The van der Waals surface area contributed by atoms with Crippen molar-refractivity contribution in [3.05, 3.63) is 176 Å². The average Bonchev–Trinajstić information content (AvgIpc) is 3.09. The summed E-state index contributed by atoms with van der Waals surface area (Å²) in [5.41, 5.74) is 8.26. The molecule has 0 saturated carbocycles. The third-order valence-corrected chi connectivity index (χ3v) is 8.41. The zero-order valence-corrected chi connectivity index (χ0v) is 23.7. The van der Waals surface area contributed by atoms with Gasteiger partial charge in [0, 0.05) is 17.1 Å². The Bertz CT molecular complexity index is 2150. The van der Waals surface area contributed by atoms with Gasteiger partial charge < -0.3 is 4.90 Å². The lowest BCUT2D eigenvalue weighted by Gasteiger charge is -2.26. The summed E-state index contributed by atoms with van der Waals surface area (Å²) >= 11 is 0. The van der Waals surface area contributed by atoms with Gasteiger partial charge in [0.1, 0.15) is 0 Å². The minimum absolute atomic E-state index is 1.13. The first-order valence-corrected chi connectivity index (χ1v) is 14.8. The first kappa shape index (κ1) is 25.1. The molecular formula is C42H29N. The fourth-order valence-electron chi connectivity index (χ4n) is 6.49. The zero-order chi connectivity index (χ0) is 28.6. The quantitative estimate of drug-likeness (QED) is 0.194. The smallest absolute Gasteiger partial charge is 0.0467 e. The maximum Gasteiger partial charge on any atom is 0.0467 e. The molecule has 202 valence electrons. The monoisotopic (exact) mass is 547 g/mol. The van der Waals surface area contributed by atoms with Crippen molar-refractivity contribution in [3.8, 4) is 22.3 Å². The van der Waals surface area contributed by atoms with Crippen LogP contribution < -0.4 is 4.90 Å². The van der Waals surface area contributed by atoms with Crippen LogP contribution >= 0.6 is 0 Å². The van der Waals surface area contributed by atoms with Crippen molar-refractivity contribution in [2.75, 3.05) is 4.90 Å². The maximum atomic E-state index is 2.34. The third kappa shape index (κ3) is 4.43. The van der Waals surface area contributed by atoms with Crippen LogP contribution in [0.2, 0.25) is 0 Å². The Morgan fingerprint density at radius 1 is 0.279 bits per heavy atom. The fourth-order valence-corrected chi connectivity index (χ4v) is 6.49. The molecule has 0 radical (unpaired) electrons. The highest BCUT2D eigenvalue weighted by Crippen LogP contribution is 2.41. The van der Waals surface area contributed by atoms with Crippen molar-refractivity contribution < 1.29 is 0 Å². The largest absolute Gasteiger partial charge is 0.310 e. The second-order valence-corrected chi connectivity index (χ2v) is 11.0. The normalized spacial score (nSPS) is 11.3. The maximum absolute atomic E-state index is 2.34. The van der Waals surface area contributed by atoms with Gasteiger partial charge >= 0.3 is 0 Å². The van der Waals surface area contributed by atoms with E-state index < -0.39 is 0 Å². The molecule has 0 bridgehead atoms. The molecule has 0 N–H and O–H groups in total. The Kier molecular flexibility index (Phi) is 6.20. The Morgan fingerprint density at radius 3 is 1.33 bits per heavy atom. The van der Waals surface area contributed by atoms with Crippen molar-refractivity contribution in [2.24, 2.45) is 0 Å². The van der Waals surface area contributed by atoms with Crippen molar-refractivity contribution in [1.82, 2.24) is 0 Å². The SMILES string of the molecule is c1ccc(N(c2ccccc2)c2cccc(-c3cccc(-c4cccc5c6ccccc6c6ccccc6c45)c3)c2)cc1. The molecule has 0 fully saturated rings. The number of benzene rings is 8. The van der Waals surface area contributed by atoms with E-state index in [4.69, 9.17) is 0 Å². The summed E-state index contributed by atoms with van der Waals surface area (Å²) in [4.78, 5) is 2.31. The van der Waals surface area contributed by atoms with Gasteiger partial charge in [-0.1, -0.05) is 133 Å². The molecule has 0 aliphatic carbocycles. The third-order valence-electron chi connectivity index (χ3n) is 8.41. The van der Waals surface area contributed by atoms with Gasteiger partial charge in [-0.25, -0.2) is 0 Å². The van der Waals surface area contributed by atoms with Gasteiger partial charge in [0.05, 0.1) is 0 Å². The predicted octanol–water partition coefficient (Wildman–Crippen LogP) is 11.9. The van der Waals surface area contributed by atoms with Crippen LogP contribution in [-0.2, 0) is 0 Å². The lowest BCUT2D eigenvalue weighted by atomic mass is 9.89. The fraction of sp³-hybridized carbons (Fsp3) is 0. The average molecular weight is 548 g/mol. The summed E-state index contributed by atoms with van der Waals surface area (Å²) in [5, 5.41) is 7.78. The summed E-state index contributed by atoms with van der Waals surface area (Å²) in [6.45, 7) is 0. The number of nitrogens with zero attached hydrogens (tertiary/aromatic N) is 1. The number of fused-ring (bicyclic) bond motifs is 6. The van der Waals surface area contributed by atoms with Crippen LogP contribution in [0.25, 0.3) is 54.6 Å².